The minimum atomic E-state index is -0.677. The van der Waals surface area contributed by atoms with Crippen LogP contribution < -0.4 is 5.32 Å². The molecule has 0 radical (unpaired) electrons. The minimum absolute atomic E-state index is 0.291. The molecule has 2 aromatic rings. The summed E-state index contributed by atoms with van der Waals surface area (Å²) in [6.07, 6.45) is 1.63. The molecule has 1 atom stereocenters. The smallest absolute Gasteiger partial charge is 0.333 e. The van der Waals surface area contributed by atoms with Gasteiger partial charge in [-0.25, -0.2) is 9.18 Å². The summed E-state index contributed by atoms with van der Waals surface area (Å²) in [5.41, 5.74) is 2.24. The molecule has 0 spiro atoms. The summed E-state index contributed by atoms with van der Waals surface area (Å²) in [5, 5.41) is 7.21. The van der Waals surface area contributed by atoms with Crippen molar-refractivity contribution >= 4 is 11.7 Å². The molecule has 5 nitrogen and oxygen atoms in total. The van der Waals surface area contributed by atoms with Crippen LogP contribution >= 0.6 is 0 Å². The fourth-order valence-electron chi connectivity index (χ4n) is 2.00. The number of ether oxygens (including phenoxy) is 1. The first kappa shape index (κ1) is 15.0. The van der Waals surface area contributed by atoms with E-state index in [1.807, 2.05) is 6.92 Å². The van der Waals surface area contributed by atoms with Crippen LogP contribution in [0.4, 0.5) is 10.1 Å². The van der Waals surface area contributed by atoms with Crippen molar-refractivity contribution in [3.05, 3.63) is 47.5 Å². The van der Waals surface area contributed by atoms with Gasteiger partial charge >= 0.3 is 5.97 Å². The van der Waals surface area contributed by atoms with Crippen LogP contribution in [0.1, 0.15) is 24.2 Å². The third kappa shape index (κ3) is 3.39. The molecule has 1 unspecified atom stereocenters. The molecule has 2 rings (SSSR count). The first-order chi connectivity index (χ1) is 10.0. The molecule has 112 valence electrons. The van der Waals surface area contributed by atoms with Gasteiger partial charge in [0.05, 0.1) is 12.8 Å². The molecule has 0 aliphatic rings. The van der Waals surface area contributed by atoms with Crippen LogP contribution in [0.5, 0.6) is 0 Å². The number of nitrogens with one attached hydrogen (secondary N) is 1. The number of esters is 1. The summed E-state index contributed by atoms with van der Waals surface area (Å²) in [5.74, 6) is -0.719. The number of aryl methyl sites for hydroxylation is 1. The van der Waals surface area contributed by atoms with Crippen molar-refractivity contribution < 1.29 is 13.9 Å². The lowest BCUT2D eigenvalue weighted by atomic mass is 10.1. The van der Waals surface area contributed by atoms with Crippen LogP contribution in [-0.2, 0) is 16.6 Å². The summed E-state index contributed by atoms with van der Waals surface area (Å²) < 4.78 is 19.8. The van der Waals surface area contributed by atoms with Gasteiger partial charge in [0, 0.05) is 24.0 Å². The minimum Gasteiger partial charge on any atom is -0.464 e. The van der Waals surface area contributed by atoms with Gasteiger partial charge in [0.1, 0.15) is 5.82 Å². The second-order valence-corrected chi connectivity index (χ2v) is 4.65. The fourth-order valence-corrected chi connectivity index (χ4v) is 2.00. The second-order valence-electron chi connectivity index (χ2n) is 4.65. The largest absolute Gasteiger partial charge is 0.464 e. The Balaban J connectivity index is 2.30. The van der Waals surface area contributed by atoms with Crippen LogP contribution in [0.15, 0.2) is 30.5 Å². The van der Waals surface area contributed by atoms with Gasteiger partial charge < -0.3 is 10.1 Å². The van der Waals surface area contributed by atoms with E-state index in [2.05, 4.69) is 10.4 Å². The third-order valence-electron chi connectivity index (χ3n) is 3.26. The standard InChI is InChI=1S/C15H18FN3O2/c1-4-21-15(20)14(13-9-17-19(3)10(13)2)18-12-7-5-11(16)6-8-12/h5-9,14,18H,4H2,1-3H3. The molecule has 1 N–H and O–H groups in total. The second kappa shape index (κ2) is 6.39. The Bertz CT molecular complexity index is 622. The lowest BCUT2D eigenvalue weighted by Crippen LogP contribution is -2.24. The zero-order valence-corrected chi connectivity index (χ0v) is 12.3. The average Bonchev–Trinajstić information content (AvgIpc) is 2.79. The quantitative estimate of drug-likeness (QED) is 0.860. The number of nitrogens with zero attached hydrogens (tertiary/aromatic N) is 2. The van der Waals surface area contributed by atoms with Gasteiger partial charge in [0.15, 0.2) is 6.04 Å². The van der Waals surface area contributed by atoms with E-state index in [4.69, 9.17) is 4.74 Å². The van der Waals surface area contributed by atoms with E-state index in [9.17, 15) is 9.18 Å². The van der Waals surface area contributed by atoms with Crippen molar-refractivity contribution in [3.63, 3.8) is 0 Å². The van der Waals surface area contributed by atoms with Crippen molar-refractivity contribution in [2.24, 2.45) is 7.05 Å². The van der Waals surface area contributed by atoms with E-state index in [0.717, 1.165) is 11.3 Å². The topological polar surface area (TPSA) is 56.1 Å². The average molecular weight is 291 g/mol. The molecule has 0 aliphatic heterocycles. The Hall–Kier alpha value is -2.37. The molecule has 0 saturated heterocycles. The maximum atomic E-state index is 13.0. The van der Waals surface area contributed by atoms with Crippen molar-refractivity contribution in [1.82, 2.24) is 9.78 Å². The third-order valence-corrected chi connectivity index (χ3v) is 3.26. The molecule has 0 fully saturated rings. The van der Waals surface area contributed by atoms with Crippen LogP contribution in [0.25, 0.3) is 0 Å². The van der Waals surface area contributed by atoms with Crippen LogP contribution in [0.3, 0.4) is 0 Å². The predicted molar refractivity (Wildman–Crippen MR) is 77.3 cm³/mol. The van der Waals surface area contributed by atoms with Gasteiger partial charge in [-0.05, 0) is 38.1 Å². The highest BCUT2D eigenvalue weighted by Crippen LogP contribution is 2.23. The number of aromatic nitrogens is 2. The number of anilines is 1. The molecule has 6 heteroatoms. The van der Waals surface area contributed by atoms with Gasteiger partial charge in [-0.2, -0.15) is 5.10 Å². The fraction of sp³-hybridized carbons (Fsp3) is 0.333. The van der Waals surface area contributed by atoms with Crippen molar-refractivity contribution in [3.8, 4) is 0 Å². The maximum absolute atomic E-state index is 13.0. The Morgan fingerprint density at radius 3 is 2.62 bits per heavy atom. The molecule has 0 aliphatic carbocycles. The van der Waals surface area contributed by atoms with E-state index in [1.165, 1.54) is 12.1 Å². The lowest BCUT2D eigenvalue weighted by molar-refractivity contribution is -0.144. The van der Waals surface area contributed by atoms with E-state index in [1.54, 1.807) is 37.0 Å². The van der Waals surface area contributed by atoms with E-state index >= 15 is 0 Å². The van der Waals surface area contributed by atoms with Crippen molar-refractivity contribution in [1.29, 1.82) is 0 Å². The predicted octanol–water partition coefficient (Wildman–Crippen LogP) is 2.58. The maximum Gasteiger partial charge on any atom is 0.333 e. The zero-order chi connectivity index (χ0) is 15.4. The van der Waals surface area contributed by atoms with E-state index in [0.29, 0.717) is 12.3 Å². The van der Waals surface area contributed by atoms with E-state index in [-0.39, 0.29) is 5.82 Å². The lowest BCUT2D eigenvalue weighted by Gasteiger charge is -2.18. The summed E-state index contributed by atoms with van der Waals surface area (Å²) in [7, 11) is 1.80. The van der Waals surface area contributed by atoms with E-state index < -0.39 is 12.0 Å². The summed E-state index contributed by atoms with van der Waals surface area (Å²) in [6.45, 7) is 3.92. The highest BCUT2D eigenvalue weighted by molar-refractivity contribution is 5.81. The molecule has 0 saturated carbocycles. The number of carbonyl (C=O) groups excluding carboxylic acids is 1. The van der Waals surface area contributed by atoms with Crippen LogP contribution in [-0.4, -0.2) is 22.4 Å². The molecule has 21 heavy (non-hydrogen) atoms. The van der Waals surface area contributed by atoms with Crippen LogP contribution in [0, 0.1) is 12.7 Å². The summed E-state index contributed by atoms with van der Waals surface area (Å²) in [6, 6.07) is 5.14. The molecule has 1 heterocycles. The monoisotopic (exact) mass is 291 g/mol. The highest BCUT2D eigenvalue weighted by atomic mass is 19.1. The van der Waals surface area contributed by atoms with Gasteiger partial charge in [-0.1, -0.05) is 0 Å². The number of benzene rings is 1. The number of carbonyl (C=O) groups is 1. The Morgan fingerprint density at radius 1 is 1.43 bits per heavy atom. The van der Waals surface area contributed by atoms with Crippen molar-refractivity contribution in [2.45, 2.75) is 19.9 Å². The molecule has 0 amide bonds. The van der Waals surface area contributed by atoms with Crippen LogP contribution in [0.2, 0.25) is 0 Å². The molecular formula is C15H18FN3O2. The summed E-state index contributed by atoms with van der Waals surface area (Å²) in [4.78, 5) is 12.2. The Kier molecular flexibility index (Phi) is 4.57. The zero-order valence-electron chi connectivity index (χ0n) is 12.3. The molecule has 1 aromatic carbocycles. The van der Waals surface area contributed by atoms with Gasteiger partial charge in [0.25, 0.3) is 0 Å². The first-order valence-electron chi connectivity index (χ1n) is 6.70. The molecule has 1 aromatic heterocycles. The highest BCUT2D eigenvalue weighted by Gasteiger charge is 2.25. The van der Waals surface area contributed by atoms with Crippen molar-refractivity contribution in [2.75, 3.05) is 11.9 Å². The Labute approximate surface area is 122 Å². The normalized spacial score (nSPS) is 12.0. The summed E-state index contributed by atoms with van der Waals surface area (Å²) >= 11 is 0. The van der Waals surface area contributed by atoms with Gasteiger partial charge in [-0.3, -0.25) is 4.68 Å². The number of rotatable bonds is 5. The number of hydrogen-bond acceptors (Lipinski definition) is 4. The molecular weight excluding hydrogens is 273 g/mol. The van der Waals surface area contributed by atoms with Gasteiger partial charge in [0.2, 0.25) is 0 Å². The Morgan fingerprint density at radius 2 is 2.10 bits per heavy atom. The first-order valence-corrected chi connectivity index (χ1v) is 6.70. The molecule has 0 bridgehead atoms. The number of halogens is 1. The van der Waals surface area contributed by atoms with Gasteiger partial charge in [-0.15, -0.1) is 0 Å². The number of hydrogen-bond donors (Lipinski definition) is 1. The SMILES string of the molecule is CCOC(=O)C(Nc1ccc(F)cc1)c1cnn(C)c1C.